The molecule has 0 bridgehead atoms. The molecular formula is C25H31N7O. The van der Waals surface area contributed by atoms with Crippen LogP contribution in [0.3, 0.4) is 0 Å². The Balaban J connectivity index is 1.41. The van der Waals surface area contributed by atoms with Crippen molar-refractivity contribution in [3.8, 4) is 11.3 Å². The Morgan fingerprint density at radius 2 is 1.94 bits per heavy atom. The van der Waals surface area contributed by atoms with Gasteiger partial charge in [-0.1, -0.05) is 32.8 Å². The van der Waals surface area contributed by atoms with Gasteiger partial charge in [-0.2, -0.15) is 9.97 Å². The molecule has 0 atom stereocenters. The number of fused-ring (bicyclic) bond motifs is 1. The summed E-state index contributed by atoms with van der Waals surface area (Å²) in [4.78, 5) is 19.0. The van der Waals surface area contributed by atoms with Crippen molar-refractivity contribution in [3.63, 3.8) is 0 Å². The predicted octanol–water partition coefficient (Wildman–Crippen LogP) is 5.81. The highest BCUT2D eigenvalue weighted by Gasteiger charge is 2.22. The highest BCUT2D eigenvalue weighted by molar-refractivity contribution is 5.84. The van der Waals surface area contributed by atoms with E-state index in [1.165, 1.54) is 25.7 Å². The van der Waals surface area contributed by atoms with Gasteiger partial charge in [0.2, 0.25) is 5.95 Å². The SMILES string of the molecule is CCC(CC)Nc1nc(NCc2ccc(-c3ccoc3)nc2)c2ncn(C3CCCC3)c2n1. The minimum Gasteiger partial charge on any atom is -0.472 e. The Hall–Kier alpha value is -3.42. The van der Waals surface area contributed by atoms with Gasteiger partial charge in [-0.25, -0.2) is 4.98 Å². The average molecular weight is 446 g/mol. The molecule has 1 aliphatic carbocycles. The molecule has 0 spiro atoms. The molecule has 0 unspecified atom stereocenters. The van der Waals surface area contributed by atoms with Gasteiger partial charge in [-0.15, -0.1) is 0 Å². The van der Waals surface area contributed by atoms with Gasteiger partial charge in [0.05, 0.1) is 24.5 Å². The highest BCUT2D eigenvalue weighted by Crippen LogP contribution is 2.33. The van der Waals surface area contributed by atoms with Crippen molar-refractivity contribution in [1.29, 1.82) is 0 Å². The third kappa shape index (κ3) is 4.55. The summed E-state index contributed by atoms with van der Waals surface area (Å²) >= 11 is 0. The molecule has 8 nitrogen and oxygen atoms in total. The van der Waals surface area contributed by atoms with Gasteiger partial charge in [0.1, 0.15) is 0 Å². The molecular weight excluding hydrogens is 414 g/mol. The number of pyridine rings is 1. The lowest BCUT2D eigenvalue weighted by Gasteiger charge is -2.17. The van der Waals surface area contributed by atoms with Crippen molar-refractivity contribution >= 4 is 22.9 Å². The third-order valence-electron chi connectivity index (χ3n) is 6.56. The quantitative estimate of drug-likeness (QED) is 0.336. The van der Waals surface area contributed by atoms with Crippen LogP contribution in [0.4, 0.5) is 11.8 Å². The van der Waals surface area contributed by atoms with Crippen molar-refractivity contribution in [2.45, 2.75) is 71.0 Å². The highest BCUT2D eigenvalue weighted by atomic mass is 16.3. The number of anilines is 2. The molecule has 0 aliphatic heterocycles. The Bertz CT molecular complexity index is 1170. The summed E-state index contributed by atoms with van der Waals surface area (Å²) in [6.07, 6.45) is 14.1. The third-order valence-corrected chi connectivity index (χ3v) is 6.56. The van der Waals surface area contributed by atoms with Gasteiger partial charge >= 0.3 is 0 Å². The first-order valence-corrected chi connectivity index (χ1v) is 12.0. The van der Waals surface area contributed by atoms with Crippen LogP contribution >= 0.6 is 0 Å². The maximum Gasteiger partial charge on any atom is 0.227 e. The molecule has 4 aromatic heterocycles. The van der Waals surface area contributed by atoms with Crippen LogP contribution in [-0.4, -0.2) is 30.5 Å². The van der Waals surface area contributed by atoms with Gasteiger partial charge in [0.25, 0.3) is 0 Å². The van der Waals surface area contributed by atoms with Crippen LogP contribution in [0.5, 0.6) is 0 Å². The lowest BCUT2D eigenvalue weighted by Crippen LogP contribution is -2.19. The van der Waals surface area contributed by atoms with E-state index >= 15 is 0 Å². The van der Waals surface area contributed by atoms with Gasteiger partial charge < -0.3 is 19.6 Å². The number of aromatic nitrogens is 5. The summed E-state index contributed by atoms with van der Waals surface area (Å²) in [5, 5.41) is 7.00. The fourth-order valence-electron chi connectivity index (χ4n) is 4.53. The molecule has 1 fully saturated rings. The van der Waals surface area contributed by atoms with Crippen molar-refractivity contribution < 1.29 is 4.42 Å². The number of hydrogen-bond donors (Lipinski definition) is 2. The summed E-state index contributed by atoms with van der Waals surface area (Å²) in [7, 11) is 0. The molecule has 0 aromatic carbocycles. The van der Waals surface area contributed by atoms with Crippen LogP contribution < -0.4 is 10.6 Å². The van der Waals surface area contributed by atoms with Crippen molar-refractivity contribution in [3.05, 3.63) is 48.8 Å². The molecule has 1 aliphatic rings. The first-order chi connectivity index (χ1) is 16.2. The number of imidazole rings is 1. The van der Waals surface area contributed by atoms with E-state index < -0.39 is 0 Å². The average Bonchev–Trinajstić information content (AvgIpc) is 3.62. The summed E-state index contributed by atoms with van der Waals surface area (Å²) in [5.41, 5.74) is 4.66. The first-order valence-electron chi connectivity index (χ1n) is 12.0. The number of hydrogen-bond acceptors (Lipinski definition) is 7. The molecule has 5 rings (SSSR count). The second kappa shape index (κ2) is 9.60. The lowest BCUT2D eigenvalue weighted by molar-refractivity contribution is 0.529. The topological polar surface area (TPSA) is 93.7 Å². The van der Waals surface area contributed by atoms with E-state index in [0.29, 0.717) is 24.6 Å². The zero-order valence-corrected chi connectivity index (χ0v) is 19.3. The molecule has 0 radical (unpaired) electrons. The molecule has 0 saturated heterocycles. The largest absolute Gasteiger partial charge is 0.472 e. The Morgan fingerprint density at radius 3 is 2.64 bits per heavy atom. The standard InChI is InChI=1S/C25H31N7O/c1-3-19(4-2)29-25-30-23(22-24(31-25)32(16-28-22)20-7-5-6-8-20)27-14-17-9-10-21(26-13-17)18-11-12-33-15-18/h9-13,15-16,19-20H,3-8,14H2,1-2H3,(H2,27,29,30,31). The fraction of sp³-hybridized carbons (Fsp3) is 0.440. The van der Waals surface area contributed by atoms with E-state index in [1.54, 1.807) is 12.5 Å². The molecule has 8 heteroatoms. The summed E-state index contributed by atoms with van der Waals surface area (Å²) in [6, 6.07) is 6.80. The number of nitrogens with zero attached hydrogens (tertiary/aromatic N) is 5. The normalized spacial score (nSPS) is 14.4. The lowest BCUT2D eigenvalue weighted by atomic mass is 10.2. The minimum absolute atomic E-state index is 0.345. The van der Waals surface area contributed by atoms with Gasteiger partial charge in [0, 0.05) is 30.4 Å². The van der Waals surface area contributed by atoms with E-state index in [2.05, 4.69) is 40.1 Å². The van der Waals surface area contributed by atoms with Crippen LogP contribution in [-0.2, 0) is 6.54 Å². The van der Waals surface area contributed by atoms with Crippen molar-refractivity contribution in [2.24, 2.45) is 0 Å². The minimum atomic E-state index is 0.345. The van der Waals surface area contributed by atoms with E-state index in [-0.39, 0.29) is 0 Å². The second-order valence-electron chi connectivity index (χ2n) is 8.73. The number of nitrogens with one attached hydrogen (secondary N) is 2. The van der Waals surface area contributed by atoms with Crippen LogP contribution in [0.1, 0.15) is 64.0 Å². The van der Waals surface area contributed by atoms with Gasteiger partial charge in [-0.3, -0.25) is 4.98 Å². The fourth-order valence-corrected chi connectivity index (χ4v) is 4.53. The van der Waals surface area contributed by atoms with Crippen LogP contribution in [0.2, 0.25) is 0 Å². The maximum atomic E-state index is 5.16. The van der Waals surface area contributed by atoms with Crippen LogP contribution in [0.15, 0.2) is 47.7 Å². The van der Waals surface area contributed by atoms with Crippen LogP contribution in [0, 0.1) is 0 Å². The Kier molecular flexibility index (Phi) is 6.24. The predicted molar refractivity (Wildman–Crippen MR) is 130 cm³/mol. The number of furan rings is 1. The summed E-state index contributed by atoms with van der Waals surface area (Å²) < 4.78 is 7.40. The van der Waals surface area contributed by atoms with Crippen molar-refractivity contribution in [2.75, 3.05) is 10.6 Å². The van der Waals surface area contributed by atoms with Gasteiger partial charge in [0.15, 0.2) is 17.0 Å². The molecule has 4 aromatic rings. The Labute approximate surface area is 193 Å². The molecule has 4 heterocycles. The monoisotopic (exact) mass is 445 g/mol. The van der Waals surface area contributed by atoms with E-state index in [9.17, 15) is 0 Å². The van der Waals surface area contributed by atoms with Crippen LogP contribution in [0.25, 0.3) is 22.4 Å². The smallest absolute Gasteiger partial charge is 0.227 e. The molecule has 1 saturated carbocycles. The second-order valence-corrected chi connectivity index (χ2v) is 8.73. The van der Waals surface area contributed by atoms with Crippen molar-refractivity contribution in [1.82, 2.24) is 24.5 Å². The van der Waals surface area contributed by atoms with E-state index in [1.807, 2.05) is 24.7 Å². The number of rotatable bonds is 9. The molecule has 0 amide bonds. The first kappa shape index (κ1) is 21.4. The summed E-state index contributed by atoms with van der Waals surface area (Å²) in [6.45, 7) is 4.97. The van der Waals surface area contributed by atoms with E-state index in [4.69, 9.17) is 19.4 Å². The maximum absolute atomic E-state index is 5.16. The summed E-state index contributed by atoms with van der Waals surface area (Å²) in [5.74, 6) is 1.41. The van der Waals surface area contributed by atoms with E-state index in [0.717, 1.165) is 46.6 Å². The molecule has 33 heavy (non-hydrogen) atoms. The molecule has 172 valence electrons. The zero-order valence-electron chi connectivity index (χ0n) is 19.3. The zero-order chi connectivity index (χ0) is 22.6. The Morgan fingerprint density at radius 1 is 1.09 bits per heavy atom. The molecule has 2 N–H and O–H groups in total. The van der Waals surface area contributed by atoms with Gasteiger partial charge in [-0.05, 0) is 43.4 Å².